The highest BCUT2D eigenvalue weighted by Gasteiger charge is 2.22. The third-order valence-electron chi connectivity index (χ3n) is 2.45. The maximum Gasteiger partial charge on any atom is 0.412 e. The number of ether oxygens (including phenoxy) is 2. The van der Waals surface area contributed by atoms with Crippen molar-refractivity contribution in [2.45, 2.75) is 32.8 Å². The zero-order chi connectivity index (χ0) is 13.3. The van der Waals surface area contributed by atoms with Gasteiger partial charge in [0.1, 0.15) is 11.4 Å². The lowest BCUT2D eigenvalue weighted by atomic mass is 10.1. The third-order valence-corrected chi connectivity index (χ3v) is 3.12. The van der Waals surface area contributed by atoms with Crippen molar-refractivity contribution >= 4 is 27.7 Å². The fraction of sp³-hybridized carbons (Fsp3) is 0.462. The van der Waals surface area contributed by atoms with E-state index in [9.17, 15) is 4.79 Å². The lowest BCUT2D eigenvalue weighted by Gasteiger charge is -2.20. The van der Waals surface area contributed by atoms with Gasteiger partial charge in [0.05, 0.1) is 12.3 Å². The van der Waals surface area contributed by atoms with Gasteiger partial charge in [-0.15, -0.1) is 0 Å². The summed E-state index contributed by atoms with van der Waals surface area (Å²) in [5.74, 6) is 0.823. The number of amides is 1. The Kier molecular flexibility index (Phi) is 3.52. The first-order valence-corrected chi connectivity index (χ1v) is 6.60. The van der Waals surface area contributed by atoms with Gasteiger partial charge in [0, 0.05) is 16.5 Å². The van der Waals surface area contributed by atoms with E-state index < -0.39 is 11.7 Å². The molecule has 1 N–H and O–H groups in total. The smallest absolute Gasteiger partial charge is 0.412 e. The van der Waals surface area contributed by atoms with Gasteiger partial charge in [0.25, 0.3) is 0 Å². The zero-order valence-electron chi connectivity index (χ0n) is 10.7. The van der Waals surface area contributed by atoms with E-state index in [2.05, 4.69) is 21.2 Å². The van der Waals surface area contributed by atoms with Crippen LogP contribution in [0.3, 0.4) is 0 Å². The minimum atomic E-state index is -0.509. The number of fused-ring (bicyclic) bond motifs is 1. The molecule has 5 heteroatoms. The number of carbonyl (C=O) groups excluding carboxylic acids is 1. The molecule has 0 aliphatic carbocycles. The number of benzene rings is 1. The fourth-order valence-corrected chi connectivity index (χ4v) is 2.26. The molecule has 1 aliphatic rings. The van der Waals surface area contributed by atoms with Crippen LogP contribution in [0.4, 0.5) is 10.5 Å². The number of rotatable bonds is 1. The van der Waals surface area contributed by atoms with Crippen LogP contribution in [-0.2, 0) is 11.2 Å². The molecule has 1 aromatic rings. The van der Waals surface area contributed by atoms with E-state index in [-0.39, 0.29) is 0 Å². The van der Waals surface area contributed by atoms with E-state index in [0.717, 1.165) is 27.9 Å². The highest BCUT2D eigenvalue weighted by molar-refractivity contribution is 9.10. The van der Waals surface area contributed by atoms with Crippen LogP contribution in [0.15, 0.2) is 16.6 Å². The molecule has 1 amide bonds. The molecule has 2 rings (SSSR count). The van der Waals surface area contributed by atoms with Crippen molar-refractivity contribution in [1.29, 1.82) is 0 Å². The molecule has 0 atom stereocenters. The van der Waals surface area contributed by atoms with Crippen LogP contribution in [0.5, 0.6) is 5.75 Å². The van der Waals surface area contributed by atoms with Gasteiger partial charge < -0.3 is 9.47 Å². The fourth-order valence-electron chi connectivity index (χ4n) is 1.79. The largest absolute Gasteiger partial charge is 0.493 e. The second-order valence-corrected chi connectivity index (χ2v) is 5.98. The molecule has 1 aliphatic heterocycles. The molecule has 0 fully saturated rings. The summed E-state index contributed by atoms with van der Waals surface area (Å²) < 4.78 is 11.5. The minimum absolute atomic E-state index is 0.455. The Hall–Kier alpha value is -1.23. The van der Waals surface area contributed by atoms with Crippen LogP contribution >= 0.6 is 15.9 Å². The predicted molar refractivity (Wildman–Crippen MR) is 73.2 cm³/mol. The summed E-state index contributed by atoms with van der Waals surface area (Å²) in [7, 11) is 0. The number of halogens is 1. The lowest BCUT2D eigenvalue weighted by Crippen LogP contribution is -2.27. The predicted octanol–water partition coefficient (Wildman–Crippen LogP) is 3.73. The number of nitrogens with one attached hydrogen (secondary N) is 1. The molecule has 18 heavy (non-hydrogen) atoms. The lowest BCUT2D eigenvalue weighted by molar-refractivity contribution is 0.0635. The summed E-state index contributed by atoms with van der Waals surface area (Å²) in [5, 5.41) is 2.78. The summed E-state index contributed by atoms with van der Waals surface area (Å²) >= 11 is 3.43. The molecule has 0 unspecified atom stereocenters. The van der Waals surface area contributed by atoms with Crippen molar-refractivity contribution in [1.82, 2.24) is 0 Å². The van der Waals surface area contributed by atoms with E-state index in [4.69, 9.17) is 9.47 Å². The molecular weight excluding hydrogens is 298 g/mol. The van der Waals surface area contributed by atoms with E-state index in [1.54, 1.807) is 0 Å². The van der Waals surface area contributed by atoms with Crippen LogP contribution in [-0.4, -0.2) is 18.3 Å². The van der Waals surface area contributed by atoms with E-state index in [0.29, 0.717) is 6.61 Å². The molecule has 1 heterocycles. The Morgan fingerprint density at radius 1 is 1.44 bits per heavy atom. The number of hydrogen-bond acceptors (Lipinski definition) is 3. The quantitative estimate of drug-likeness (QED) is 0.859. The normalized spacial score (nSPS) is 13.8. The summed E-state index contributed by atoms with van der Waals surface area (Å²) in [4.78, 5) is 11.8. The van der Waals surface area contributed by atoms with Gasteiger partial charge in [0.2, 0.25) is 0 Å². The third kappa shape index (κ3) is 2.96. The highest BCUT2D eigenvalue weighted by atomic mass is 79.9. The SMILES string of the molecule is CC(C)(C)OC(=O)Nc1c(Br)ccc2c1CCO2. The van der Waals surface area contributed by atoms with E-state index in [1.165, 1.54) is 0 Å². The molecule has 0 radical (unpaired) electrons. The zero-order valence-corrected chi connectivity index (χ0v) is 12.3. The molecule has 98 valence electrons. The molecule has 4 nitrogen and oxygen atoms in total. The van der Waals surface area contributed by atoms with Crippen molar-refractivity contribution in [3.63, 3.8) is 0 Å². The van der Waals surface area contributed by atoms with Gasteiger partial charge in [-0.05, 0) is 48.8 Å². The molecular formula is C13H16BrNO3. The monoisotopic (exact) mass is 313 g/mol. The second kappa shape index (κ2) is 4.80. The van der Waals surface area contributed by atoms with Crippen LogP contribution in [0, 0.1) is 0 Å². The molecule has 0 spiro atoms. The minimum Gasteiger partial charge on any atom is -0.493 e. The molecule has 0 saturated carbocycles. The first-order chi connectivity index (χ1) is 8.37. The van der Waals surface area contributed by atoms with Crippen molar-refractivity contribution in [3.8, 4) is 5.75 Å². The van der Waals surface area contributed by atoms with Gasteiger partial charge in [-0.25, -0.2) is 4.79 Å². The maximum atomic E-state index is 11.8. The molecule has 0 saturated heterocycles. The Balaban J connectivity index is 2.19. The van der Waals surface area contributed by atoms with Crippen LogP contribution in [0.1, 0.15) is 26.3 Å². The topological polar surface area (TPSA) is 47.6 Å². The van der Waals surface area contributed by atoms with Gasteiger partial charge in [-0.1, -0.05) is 0 Å². The molecule has 1 aromatic carbocycles. The standard InChI is InChI=1S/C13H16BrNO3/c1-13(2,3)18-12(16)15-11-8-6-7-17-10(8)5-4-9(11)14/h4-5H,6-7H2,1-3H3,(H,15,16). The Bertz CT molecular complexity index is 480. The number of carbonyl (C=O) groups is 1. The number of anilines is 1. The average Bonchev–Trinajstić information content (AvgIpc) is 2.67. The van der Waals surface area contributed by atoms with Gasteiger partial charge in [-0.3, -0.25) is 5.32 Å². The van der Waals surface area contributed by atoms with Crippen molar-refractivity contribution in [3.05, 3.63) is 22.2 Å². The Labute approximate surface area is 115 Å². The second-order valence-electron chi connectivity index (χ2n) is 5.12. The van der Waals surface area contributed by atoms with E-state index >= 15 is 0 Å². The van der Waals surface area contributed by atoms with Crippen molar-refractivity contribution in [2.24, 2.45) is 0 Å². The summed E-state index contributed by atoms with van der Waals surface area (Å²) in [6, 6.07) is 3.75. The van der Waals surface area contributed by atoms with Crippen LogP contribution in [0.25, 0.3) is 0 Å². The van der Waals surface area contributed by atoms with Crippen LogP contribution in [0.2, 0.25) is 0 Å². The van der Waals surface area contributed by atoms with Gasteiger partial charge in [0.15, 0.2) is 0 Å². The highest BCUT2D eigenvalue weighted by Crippen LogP contribution is 2.37. The maximum absolute atomic E-state index is 11.8. The molecule has 0 bridgehead atoms. The first-order valence-electron chi connectivity index (χ1n) is 5.81. The van der Waals surface area contributed by atoms with Crippen molar-refractivity contribution < 1.29 is 14.3 Å². The van der Waals surface area contributed by atoms with Gasteiger partial charge >= 0.3 is 6.09 Å². The Morgan fingerprint density at radius 2 is 2.17 bits per heavy atom. The average molecular weight is 314 g/mol. The van der Waals surface area contributed by atoms with Gasteiger partial charge in [-0.2, -0.15) is 0 Å². The summed E-state index contributed by atoms with van der Waals surface area (Å²) in [6.45, 7) is 6.15. The van der Waals surface area contributed by atoms with E-state index in [1.807, 2.05) is 32.9 Å². The summed E-state index contributed by atoms with van der Waals surface area (Å²) in [6.07, 6.45) is 0.336. The summed E-state index contributed by atoms with van der Waals surface area (Å²) in [5.41, 5.74) is 1.24. The Morgan fingerprint density at radius 3 is 2.83 bits per heavy atom. The van der Waals surface area contributed by atoms with Crippen molar-refractivity contribution in [2.75, 3.05) is 11.9 Å². The first kappa shape index (κ1) is 13.2. The number of hydrogen-bond donors (Lipinski definition) is 1. The molecule has 0 aromatic heterocycles. The van der Waals surface area contributed by atoms with Crippen LogP contribution < -0.4 is 10.1 Å².